The summed E-state index contributed by atoms with van der Waals surface area (Å²) in [6.45, 7) is 4.52. The van der Waals surface area contributed by atoms with Gasteiger partial charge < -0.3 is 10.2 Å². The van der Waals surface area contributed by atoms with Crippen LogP contribution in [0.3, 0.4) is 0 Å². The SMILES string of the molecule is CCc1ccc(CN(C)C(=O)C2CNC2)cc1. The van der Waals surface area contributed by atoms with E-state index in [1.54, 1.807) is 0 Å². The number of carbonyl (C=O) groups is 1. The molecule has 1 aromatic carbocycles. The molecule has 1 aliphatic rings. The fraction of sp³-hybridized carbons (Fsp3) is 0.500. The van der Waals surface area contributed by atoms with Crippen LogP contribution in [0, 0.1) is 5.92 Å². The predicted octanol–water partition coefficient (Wildman–Crippen LogP) is 1.43. The zero-order valence-electron chi connectivity index (χ0n) is 10.6. The van der Waals surface area contributed by atoms with Gasteiger partial charge >= 0.3 is 0 Å². The number of hydrogen-bond acceptors (Lipinski definition) is 2. The number of aryl methyl sites for hydroxylation is 1. The molecule has 0 radical (unpaired) electrons. The van der Waals surface area contributed by atoms with Crippen molar-refractivity contribution >= 4 is 5.91 Å². The van der Waals surface area contributed by atoms with Gasteiger partial charge in [-0.3, -0.25) is 4.79 Å². The number of amides is 1. The third-order valence-corrected chi connectivity index (χ3v) is 3.36. The summed E-state index contributed by atoms with van der Waals surface area (Å²) >= 11 is 0. The van der Waals surface area contributed by atoms with Crippen LogP contribution in [-0.2, 0) is 17.8 Å². The van der Waals surface area contributed by atoms with Gasteiger partial charge in [0.15, 0.2) is 0 Å². The van der Waals surface area contributed by atoms with E-state index < -0.39 is 0 Å². The molecule has 0 aliphatic carbocycles. The van der Waals surface area contributed by atoms with Crippen molar-refractivity contribution in [1.82, 2.24) is 10.2 Å². The second-order valence-electron chi connectivity index (χ2n) is 4.72. The molecule has 0 atom stereocenters. The average molecular weight is 232 g/mol. The van der Waals surface area contributed by atoms with E-state index in [-0.39, 0.29) is 11.8 Å². The van der Waals surface area contributed by atoms with Crippen LogP contribution in [0.25, 0.3) is 0 Å². The molecule has 92 valence electrons. The number of benzene rings is 1. The highest BCUT2D eigenvalue weighted by Crippen LogP contribution is 2.11. The molecule has 0 spiro atoms. The molecule has 1 amide bonds. The highest BCUT2D eigenvalue weighted by atomic mass is 16.2. The van der Waals surface area contributed by atoms with Gasteiger partial charge in [-0.2, -0.15) is 0 Å². The lowest BCUT2D eigenvalue weighted by Crippen LogP contribution is -2.50. The summed E-state index contributed by atoms with van der Waals surface area (Å²) in [7, 11) is 1.88. The van der Waals surface area contributed by atoms with Crippen LogP contribution in [-0.4, -0.2) is 30.9 Å². The minimum atomic E-state index is 0.190. The summed E-state index contributed by atoms with van der Waals surface area (Å²) < 4.78 is 0. The Balaban J connectivity index is 1.92. The Morgan fingerprint density at radius 2 is 1.88 bits per heavy atom. The second kappa shape index (κ2) is 5.32. The Morgan fingerprint density at radius 3 is 2.35 bits per heavy atom. The summed E-state index contributed by atoms with van der Waals surface area (Å²) in [5.41, 5.74) is 2.54. The summed E-state index contributed by atoms with van der Waals surface area (Å²) in [6, 6.07) is 8.50. The number of nitrogens with zero attached hydrogens (tertiary/aromatic N) is 1. The van der Waals surface area contributed by atoms with E-state index in [4.69, 9.17) is 0 Å². The maximum Gasteiger partial charge on any atom is 0.228 e. The standard InChI is InChI=1S/C14H20N2O/c1-3-11-4-6-12(7-5-11)10-16(2)14(17)13-8-15-9-13/h4-7,13,15H,3,8-10H2,1-2H3. The van der Waals surface area contributed by atoms with E-state index in [1.807, 2.05) is 11.9 Å². The molecular weight excluding hydrogens is 212 g/mol. The topological polar surface area (TPSA) is 32.3 Å². The van der Waals surface area contributed by atoms with Gasteiger partial charge in [0.1, 0.15) is 0 Å². The maximum absolute atomic E-state index is 11.9. The van der Waals surface area contributed by atoms with Gasteiger partial charge in [-0.25, -0.2) is 0 Å². The zero-order chi connectivity index (χ0) is 12.3. The van der Waals surface area contributed by atoms with Crippen LogP contribution < -0.4 is 5.32 Å². The quantitative estimate of drug-likeness (QED) is 0.851. The van der Waals surface area contributed by atoms with Crippen molar-refractivity contribution in [3.05, 3.63) is 35.4 Å². The minimum absolute atomic E-state index is 0.190. The van der Waals surface area contributed by atoms with Gasteiger partial charge in [0.25, 0.3) is 0 Å². The van der Waals surface area contributed by atoms with Crippen molar-refractivity contribution in [2.75, 3.05) is 20.1 Å². The van der Waals surface area contributed by atoms with Gasteiger partial charge in [-0.15, -0.1) is 0 Å². The first-order valence-corrected chi connectivity index (χ1v) is 6.24. The first-order chi connectivity index (χ1) is 8.20. The van der Waals surface area contributed by atoms with Crippen molar-refractivity contribution in [1.29, 1.82) is 0 Å². The van der Waals surface area contributed by atoms with E-state index in [9.17, 15) is 4.79 Å². The normalized spacial score (nSPS) is 15.4. The Bertz CT molecular complexity index is 382. The van der Waals surface area contributed by atoms with Crippen LogP contribution in [0.5, 0.6) is 0 Å². The number of hydrogen-bond donors (Lipinski definition) is 1. The fourth-order valence-corrected chi connectivity index (χ4v) is 2.01. The zero-order valence-corrected chi connectivity index (χ0v) is 10.6. The molecule has 0 bridgehead atoms. The third kappa shape index (κ3) is 2.86. The highest BCUT2D eigenvalue weighted by Gasteiger charge is 2.27. The maximum atomic E-state index is 11.9. The first kappa shape index (κ1) is 12.1. The van der Waals surface area contributed by atoms with Gasteiger partial charge in [-0.05, 0) is 17.5 Å². The molecule has 17 heavy (non-hydrogen) atoms. The van der Waals surface area contributed by atoms with Crippen LogP contribution in [0.4, 0.5) is 0 Å². The first-order valence-electron chi connectivity index (χ1n) is 6.24. The molecule has 1 aromatic rings. The van der Waals surface area contributed by atoms with E-state index in [2.05, 4.69) is 36.5 Å². The smallest absolute Gasteiger partial charge is 0.228 e. The van der Waals surface area contributed by atoms with E-state index in [0.717, 1.165) is 19.5 Å². The van der Waals surface area contributed by atoms with Gasteiger partial charge in [0.05, 0.1) is 5.92 Å². The van der Waals surface area contributed by atoms with Crippen LogP contribution >= 0.6 is 0 Å². The highest BCUT2D eigenvalue weighted by molar-refractivity contribution is 5.79. The Morgan fingerprint density at radius 1 is 1.29 bits per heavy atom. The average Bonchev–Trinajstić information content (AvgIpc) is 2.27. The van der Waals surface area contributed by atoms with E-state index in [1.165, 1.54) is 11.1 Å². The van der Waals surface area contributed by atoms with Gasteiger partial charge in [0.2, 0.25) is 5.91 Å². The molecule has 0 aromatic heterocycles. The fourth-order valence-electron chi connectivity index (χ4n) is 2.01. The van der Waals surface area contributed by atoms with Gasteiger partial charge in [0, 0.05) is 26.7 Å². The summed E-state index contributed by atoms with van der Waals surface area (Å²) in [5, 5.41) is 3.13. The lowest BCUT2D eigenvalue weighted by atomic mass is 10.0. The molecular formula is C14H20N2O. The summed E-state index contributed by atoms with van der Waals surface area (Å²) in [5.74, 6) is 0.443. The Kier molecular flexibility index (Phi) is 3.79. The van der Waals surface area contributed by atoms with Gasteiger partial charge in [-0.1, -0.05) is 31.2 Å². The molecule has 1 heterocycles. The number of rotatable bonds is 4. The molecule has 1 saturated heterocycles. The number of nitrogens with one attached hydrogen (secondary N) is 1. The molecule has 3 nitrogen and oxygen atoms in total. The second-order valence-corrected chi connectivity index (χ2v) is 4.72. The molecule has 1 aliphatic heterocycles. The van der Waals surface area contributed by atoms with E-state index in [0.29, 0.717) is 6.54 Å². The molecule has 1 fully saturated rings. The monoisotopic (exact) mass is 232 g/mol. The third-order valence-electron chi connectivity index (χ3n) is 3.36. The summed E-state index contributed by atoms with van der Waals surface area (Å²) in [6.07, 6.45) is 1.06. The van der Waals surface area contributed by atoms with Crippen molar-refractivity contribution < 1.29 is 4.79 Å². The predicted molar refractivity (Wildman–Crippen MR) is 68.7 cm³/mol. The molecule has 0 unspecified atom stereocenters. The molecule has 0 saturated carbocycles. The lowest BCUT2D eigenvalue weighted by Gasteiger charge is -2.30. The molecule has 3 heteroatoms. The molecule has 2 rings (SSSR count). The van der Waals surface area contributed by atoms with Crippen molar-refractivity contribution in [2.45, 2.75) is 19.9 Å². The largest absolute Gasteiger partial charge is 0.341 e. The summed E-state index contributed by atoms with van der Waals surface area (Å²) in [4.78, 5) is 13.8. The van der Waals surface area contributed by atoms with Crippen LogP contribution in [0.15, 0.2) is 24.3 Å². The Hall–Kier alpha value is -1.35. The Labute approximate surface area is 103 Å². The van der Waals surface area contributed by atoms with E-state index >= 15 is 0 Å². The van der Waals surface area contributed by atoms with Crippen LogP contribution in [0.2, 0.25) is 0 Å². The number of carbonyl (C=O) groups excluding carboxylic acids is 1. The van der Waals surface area contributed by atoms with Crippen molar-refractivity contribution in [3.63, 3.8) is 0 Å². The minimum Gasteiger partial charge on any atom is -0.341 e. The van der Waals surface area contributed by atoms with Crippen molar-refractivity contribution in [2.24, 2.45) is 5.92 Å². The van der Waals surface area contributed by atoms with Crippen molar-refractivity contribution in [3.8, 4) is 0 Å². The molecule has 1 N–H and O–H groups in total. The lowest BCUT2D eigenvalue weighted by molar-refractivity contribution is -0.136. The van der Waals surface area contributed by atoms with Crippen LogP contribution in [0.1, 0.15) is 18.1 Å².